The predicted octanol–water partition coefficient (Wildman–Crippen LogP) is 0.772. The van der Waals surface area contributed by atoms with Crippen LogP contribution in [0, 0.1) is 11.3 Å². The van der Waals surface area contributed by atoms with E-state index in [4.69, 9.17) is 9.84 Å². The zero-order valence-corrected chi connectivity index (χ0v) is 9.12. The summed E-state index contributed by atoms with van der Waals surface area (Å²) >= 11 is 0. The SMILES string of the molecule is CC1(C)C(NCCO)C2CCCOC21. The van der Waals surface area contributed by atoms with E-state index in [1.165, 1.54) is 12.8 Å². The zero-order valence-electron chi connectivity index (χ0n) is 9.12. The van der Waals surface area contributed by atoms with Gasteiger partial charge in [-0.25, -0.2) is 0 Å². The van der Waals surface area contributed by atoms with Gasteiger partial charge in [-0.05, 0) is 12.8 Å². The Hall–Kier alpha value is -0.120. The van der Waals surface area contributed by atoms with E-state index in [2.05, 4.69) is 19.2 Å². The van der Waals surface area contributed by atoms with Gasteiger partial charge in [0.1, 0.15) is 0 Å². The van der Waals surface area contributed by atoms with Crippen LogP contribution in [-0.2, 0) is 4.74 Å². The number of aliphatic hydroxyl groups excluding tert-OH is 1. The van der Waals surface area contributed by atoms with E-state index in [1.54, 1.807) is 0 Å². The number of fused-ring (bicyclic) bond motifs is 1. The van der Waals surface area contributed by atoms with Crippen molar-refractivity contribution in [2.75, 3.05) is 19.8 Å². The second-order valence-electron chi connectivity index (χ2n) is 5.07. The summed E-state index contributed by atoms with van der Waals surface area (Å²) in [4.78, 5) is 0. The van der Waals surface area contributed by atoms with Crippen LogP contribution in [-0.4, -0.2) is 37.0 Å². The molecular formula is C11H21NO2. The first-order chi connectivity index (χ1) is 6.68. The van der Waals surface area contributed by atoms with Crippen molar-refractivity contribution in [3.63, 3.8) is 0 Å². The number of ether oxygens (including phenoxy) is 1. The highest BCUT2D eigenvalue weighted by Gasteiger charge is 2.57. The fraction of sp³-hybridized carbons (Fsp3) is 1.00. The minimum absolute atomic E-state index is 0.227. The second-order valence-corrected chi connectivity index (χ2v) is 5.07. The molecule has 0 bridgehead atoms. The third-order valence-corrected chi connectivity index (χ3v) is 3.81. The maximum atomic E-state index is 8.81. The summed E-state index contributed by atoms with van der Waals surface area (Å²) in [6.07, 6.45) is 2.90. The third kappa shape index (κ3) is 1.47. The van der Waals surface area contributed by atoms with E-state index >= 15 is 0 Å². The minimum Gasteiger partial charge on any atom is -0.395 e. The first-order valence-corrected chi connectivity index (χ1v) is 5.64. The third-order valence-electron chi connectivity index (χ3n) is 3.81. The Morgan fingerprint density at radius 1 is 1.50 bits per heavy atom. The lowest BCUT2D eigenvalue weighted by Gasteiger charge is -2.60. The Labute approximate surface area is 85.8 Å². The van der Waals surface area contributed by atoms with Crippen LogP contribution in [0.3, 0.4) is 0 Å². The standard InChI is InChI=1S/C11H21NO2/c1-11(2)9(12-5-6-13)8-4-3-7-14-10(8)11/h8-10,12-13H,3-7H2,1-2H3. The van der Waals surface area contributed by atoms with Crippen molar-refractivity contribution < 1.29 is 9.84 Å². The molecule has 1 saturated heterocycles. The van der Waals surface area contributed by atoms with Gasteiger partial charge in [0.15, 0.2) is 0 Å². The first-order valence-electron chi connectivity index (χ1n) is 5.64. The molecule has 0 spiro atoms. The lowest BCUT2D eigenvalue weighted by atomic mass is 9.55. The van der Waals surface area contributed by atoms with Gasteiger partial charge in [-0.1, -0.05) is 13.8 Å². The molecule has 3 heteroatoms. The summed E-state index contributed by atoms with van der Waals surface area (Å²) in [5.41, 5.74) is 0.236. The Bertz CT molecular complexity index is 205. The number of hydrogen-bond donors (Lipinski definition) is 2. The monoisotopic (exact) mass is 199 g/mol. The van der Waals surface area contributed by atoms with Crippen molar-refractivity contribution in [1.82, 2.24) is 5.32 Å². The fourth-order valence-corrected chi connectivity index (χ4v) is 3.16. The van der Waals surface area contributed by atoms with E-state index in [-0.39, 0.29) is 12.0 Å². The normalized spacial score (nSPS) is 40.1. The van der Waals surface area contributed by atoms with Crippen LogP contribution in [0.25, 0.3) is 0 Å². The van der Waals surface area contributed by atoms with Crippen LogP contribution in [0.15, 0.2) is 0 Å². The number of rotatable bonds is 3. The molecular weight excluding hydrogens is 178 g/mol. The minimum atomic E-state index is 0.227. The Balaban J connectivity index is 1.95. The summed E-state index contributed by atoms with van der Waals surface area (Å²) < 4.78 is 5.80. The van der Waals surface area contributed by atoms with E-state index in [9.17, 15) is 0 Å². The maximum Gasteiger partial charge on any atom is 0.0684 e. The molecule has 3 atom stereocenters. The van der Waals surface area contributed by atoms with Crippen molar-refractivity contribution in [3.05, 3.63) is 0 Å². The van der Waals surface area contributed by atoms with E-state index < -0.39 is 0 Å². The highest BCUT2D eigenvalue weighted by Crippen LogP contribution is 2.51. The molecule has 1 aliphatic carbocycles. The Morgan fingerprint density at radius 2 is 2.29 bits per heavy atom. The maximum absolute atomic E-state index is 8.81. The largest absolute Gasteiger partial charge is 0.395 e. The van der Waals surface area contributed by atoms with Crippen LogP contribution < -0.4 is 5.32 Å². The topological polar surface area (TPSA) is 41.5 Å². The predicted molar refractivity (Wildman–Crippen MR) is 55.1 cm³/mol. The summed E-state index contributed by atoms with van der Waals surface area (Å²) in [5, 5.41) is 12.2. The Kier molecular flexibility index (Phi) is 2.82. The summed E-state index contributed by atoms with van der Waals surface area (Å²) in [5.74, 6) is 0.672. The second kappa shape index (κ2) is 3.80. The van der Waals surface area contributed by atoms with Crippen LogP contribution in [0.5, 0.6) is 0 Å². The molecule has 14 heavy (non-hydrogen) atoms. The van der Waals surface area contributed by atoms with Crippen molar-refractivity contribution in [3.8, 4) is 0 Å². The molecule has 2 N–H and O–H groups in total. The molecule has 0 amide bonds. The van der Waals surface area contributed by atoms with Crippen molar-refractivity contribution >= 4 is 0 Å². The summed E-state index contributed by atoms with van der Waals surface area (Å²) in [6, 6.07) is 0.528. The van der Waals surface area contributed by atoms with Crippen molar-refractivity contribution in [1.29, 1.82) is 0 Å². The van der Waals surface area contributed by atoms with Gasteiger partial charge < -0.3 is 15.2 Å². The highest BCUT2D eigenvalue weighted by atomic mass is 16.5. The summed E-state index contributed by atoms with van der Waals surface area (Å²) in [7, 11) is 0. The van der Waals surface area contributed by atoms with Crippen LogP contribution in [0.4, 0.5) is 0 Å². The zero-order chi connectivity index (χ0) is 10.2. The molecule has 2 rings (SSSR count). The quantitative estimate of drug-likeness (QED) is 0.705. The molecule has 1 aliphatic heterocycles. The number of aliphatic hydroxyl groups is 1. The molecule has 0 aromatic carbocycles. The number of hydrogen-bond acceptors (Lipinski definition) is 3. The highest BCUT2D eigenvalue weighted by molar-refractivity contribution is 5.10. The molecule has 0 radical (unpaired) electrons. The molecule has 3 unspecified atom stereocenters. The van der Waals surface area contributed by atoms with Crippen LogP contribution in [0.1, 0.15) is 26.7 Å². The van der Waals surface area contributed by atoms with Crippen molar-refractivity contribution in [2.24, 2.45) is 11.3 Å². The van der Waals surface area contributed by atoms with Gasteiger partial charge in [-0.2, -0.15) is 0 Å². The van der Waals surface area contributed by atoms with Gasteiger partial charge in [-0.3, -0.25) is 0 Å². The molecule has 0 aromatic rings. The lowest BCUT2D eigenvalue weighted by molar-refractivity contribution is -0.192. The Morgan fingerprint density at radius 3 is 3.00 bits per heavy atom. The molecule has 82 valence electrons. The summed E-state index contributed by atoms with van der Waals surface area (Å²) in [6.45, 7) is 6.38. The van der Waals surface area contributed by atoms with Gasteiger partial charge in [0.05, 0.1) is 12.7 Å². The molecule has 2 aliphatic rings. The van der Waals surface area contributed by atoms with E-state index in [0.717, 1.165) is 6.61 Å². The first kappa shape index (κ1) is 10.4. The lowest BCUT2D eigenvalue weighted by Crippen LogP contribution is -2.69. The molecule has 3 nitrogen and oxygen atoms in total. The smallest absolute Gasteiger partial charge is 0.0684 e. The molecule has 1 saturated carbocycles. The fourth-order valence-electron chi connectivity index (χ4n) is 3.16. The molecule has 0 aromatic heterocycles. The van der Waals surface area contributed by atoms with E-state index in [0.29, 0.717) is 24.6 Å². The molecule has 1 heterocycles. The van der Waals surface area contributed by atoms with Crippen molar-refractivity contribution in [2.45, 2.75) is 38.8 Å². The average Bonchev–Trinajstić information content (AvgIpc) is 2.18. The average molecular weight is 199 g/mol. The van der Waals surface area contributed by atoms with E-state index in [1.807, 2.05) is 0 Å². The van der Waals surface area contributed by atoms with Crippen LogP contribution >= 0.6 is 0 Å². The van der Waals surface area contributed by atoms with Gasteiger partial charge in [0.2, 0.25) is 0 Å². The molecule has 2 fully saturated rings. The van der Waals surface area contributed by atoms with Gasteiger partial charge >= 0.3 is 0 Å². The van der Waals surface area contributed by atoms with Crippen LogP contribution in [0.2, 0.25) is 0 Å². The van der Waals surface area contributed by atoms with Gasteiger partial charge in [-0.15, -0.1) is 0 Å². The van der Waals surface area contributed by atoms with Gasteiger partial charge in [0, 0.05) is 30.5 Å². The van der Waals surface area contributed by atoms with Gasteiger partial charge in [0.25, 0.3) is 0 Å². The number of nitrogens with one attached hydrogen (secondary N) is 1.